The lowest BCUT2D eigenvalue weighted by atomic mass is 10.0. The van der Waals surface area contributed by atoms with Crippen molar-refractivity contribution in [1.29, 1.82) is 0 Å². The van der Waals surface area contributed by atoms with E-state index >= 15 is 0 Å². The van der Waals surface area contributed by atoms with Crippen LogP contribution in [0.2, 0.25) is 0 Å². The highest BCUT2D eigenvalue weighted by Crippen LogP contribution is 2.31. The second-order valence-electron chi connectivity index (χ2n) is 6.83. The van der Waals surface area contributed by atoms with Crippen LogP contribution in [0.5, 0.6) is 0 Å². The highest BCUT2D eigenvalue weighted by molar-refractivity contribution is 7.18. The van der Waals surface area contributed by atoms with Gasteiger partial charge in [0.25, 0.3) is 0 Å². The molecule has 0 aliphatic rings. The summed E-state index contributed by atoms with van der Waals surface area (Å²) in [5.41, 5.74) is 6.66. The van der Waals surface area contributed by atoms with E-state index in [1.807, 2.05) is 24.3 Å². The van der Waals surface area contributed by atoms with Crippen LogP contribution in [0.25, 0.3) is 21.3 Å². The maximum atomic E-state index is 12.9. The van der Waals surface area contributed by atoms with E-state index in [1.54, 1.807) is 18.5 Å². The zero-order valence-electron chi connectivity index (χ0n) is 15.7. The van der Waals surface area contributed by atoms with E-state index in [1.165, 1.54) is 17.4 Å². The lowest BCUT2D eigenvalue weighted by molar-refractivity contribution is -0.137. The minimum Gasteiger partial charge on any atom is -0.356 e. The number of hydrogen-bond donors (Lipinski definition) is 2. The van der Waals surface area contributed by atoms with Gasteiger partial charge in [-0.1, -0.05) is 41.7 Å². The number of hydrogen-bond acceptors (Lipinski definition) is 6. The molecule has 4 rings (SSSR count). The largest absolute Gasteiger partial charge is 0.416 e. The first kappa shape index (κ1) is 20.2. The first-order chi connectivity index (χ1) is 14.4. The zero-order chi connectivity index (χ0) is 21.1. The van der Waals surface area contributed by atoms with E-state index in [4.69, 9.17) is 5.73 Å². The molecular formula is C21H18F3N5S. The Morgan fingerprint density at radius 1 is 1.03 bits per heavy atom. The fourth-order valence-corrected chi connectivity index (χ4v) is 3.96. The molecule has 0 aliphatic heterocycles. The SMILES string of the molecule is NC[C@H](Cc1cccc(C(F)(F)F)c1)Nc1nnc(-c2ccc3cnccc3c2)s1. The Labute approximate surface area is 174 Å². The number of fused-ring (bicyclic) bond motifs is 1. The summed E-state index contributed by atoms with van der Waals surface area (Å²) in [6, 6.07) is 12.9. The van der Waals surface area contributed by atoms with Crippen LogP contribution in [0, 0.1) is 0 Å². The summed E-state index contributed by atoms with van der Waals surface area (Å²) >= 11 is 1.37. The molecule has 0 amide bonds. The van der Waals surface area contributed by atoms with Gasteiger partial charge in [-0.15, -0.1) is 10.2 Å². The minimum absolute atomic E-state index is 0.244. The predicted molar refractivity (Wildman–Crippen MR) is 112 cm³/mol. The van der Waals surface area contributed by atoms with E-state index in [0.29, 0.717) is 17.1 Å². The molecule has 0 fully saturated rings. The summed E-state index contributed by atoms with van der Waals surface area (Å²) in [4.78, 5) is 4.11. The Morgan fingerprint density at radius 3 is 2.70 bits per heavy atom. The Morgan fingerprint density at radius 2 is 1.90 bits per heavy atom. The van der Waals surface area contributed by atoms with E-state index in [-0.39, 0.29) is 12.6 Å². The molecule has 0 saturated heterocycles. The van der Waals surface area contributed by atoms with Crippen LogP contribution in [0.15, 0.2) is 60.9 Å². The number of anilines is 1. The van der Waals surface area contributed by atoms with Gasteiger partial charge >= 0.3 is 6.18 Å². The van der Waals surface area contributed by atoms with Gasteiger partial charge < -0.3 is 11.1 Å². The summed E-state index contributed by atoms with van der Waals surface area (Å²) in [5, 5.41) is 15.0. The molecule has 1 atom stereocenters. The molecule has 4 aromatic rings. The number of aromatic nitrogens is 3. The number of benzene rings is 2. The van der Waals surface area contributed by atoms with Crippen LogP contribution in [-0.2, 0) is 12.6 Å². The monoisotopic (exact) mass is 429 g/mol. The molecule has 0 aliphatic carbocycles. The van der Waals surface area contributed by atoms with Gasteiger partial charge in [0.2, 0.25) is 5.13 Å². The van der Waals surface area contributed by atoms with E-state index in [9.17, 15) is 13.2 Å². The van der Waals surface area contributed by atoms with Gasteiger partial charge in [-0.25, -0.2) is 0 Å². The fourth-order valence-electron chi connectivity index (χ4n) is 3.14. The van der Waals surface area contributed by atoms with Crippen LogP contribution in [0.4, 0.5) is 18.3 Å². The number of alkyl halides is 3. The molecule has 9 heteroatoms. The molecule has 0 bridgehead atoms. The third-order valence-corrected chi connectivity index (χ3v) is 5.56. The lowest BCUT2D eigenvalue weighted by Gasteiger charge is -2.16. The first-order valence-electron chi connectivity index (χ1n) is 9.23. The van der Waals surface area contributed by atoms with Crippen molar-refractivity contribution >= 4 is 27.2 Å². The van der Waals surface area contributed by atoms with E-state index in [0.717, 1.165) is 33.5 Å². The molecule has 0 unspecified atom stereocenters. The van der Waals surface area contributed by atoms with Gasteiger partial charge in [0.1, 0.15) is 5.01 Å². The van der Waals surface area contributed by atoms with Crippen molar-refractivity contribution in [2.45, 2.75) is 18.6 Å². The van der Waals surface area contributed by atoms with Crippen molar-refractivity contribution in [3.8, 4) is 10.6 Å². The quantitative estimate of drug-likeness (QED) is 0.462. The minimum atomic E-state index is -4.37. The van der Waals surface area contributed by atoms with E-state index in [2.05, 4.69) is 20.5 Å². The normalized spacial score (nSPS) is 12.8. The highest BCUT2D eigenvalue weighted by Gasteiger charge is 2.30. The topological polar surface area (TPSA) is 76.7 Å². The molecule has 154 valence electrons. The number of nitrogens with two attached hydrogens (primary N) is 1. The molecule has 2 heterocycles. The van der Waals surface area contributed by atoms with Gasteiger partial charge in [0.15, 0.2) is 0 Å². The van der Waals surface area contributed by atoms with Crippen molar-refractivity contribution in [2.24, 2.45) is 5.73 Å². The summed E-state index contributed by atoms with van der Waals surface area (Å²) in [7, 11) is 0. The summed E-state index contributed by atoms with van der Waals surface area (Å²) in [6.45, 7) is 0.244. The van der Waals surface area contributed by atoms with E-state index < -0.39 is 11.7 Å². The van der Waals surface area contributed by atoms with Gasteiger partial charge in [-0.2, -0.15) is 13.2 Å². The maximum Gasteiger partial charge on any atom is 0.416 e. The average molecular weight is 429 g/mol. The van der Waals surface area contributed by atoms with Crippen LogP contribution in [0.1, 0.15) is 11.1 Å². The van der Waals surface area contributed by atoms with Crippen molar-refractivity contribution in [2.75, 3.05) is 11.9 Å². The van der Waals surface area contributed by atoms with Crippen LogP contribution < -0.4 is 11.1 Å². The summed E-state index contributed by atoms with van der Waals surface area (Å²) in [5.74, 6) is 0. The molecule has 0 spiro atoms. The smallest absolute Gasteiger partial charge is 0.356 e. The van der Waals surface area contributed by atoms with Gasteiger partial charge in [0, 0.05) is 35.9 Å². The Hall–Kier alpha value is -3.04. The lowest BCUT2D eigenvalue weighted by Crippen LogP contribution is -2.31. The molecule has 5 nitrogen and oxygen atoms in total. The Balaban J connectivity index is 1.49. The average Bonchev–Trinajstić information content (AvgIpc) is 3.21. The number of rotatable bonds is 6. The van der Waals surface area contributed by atoms with Crippen molar-refractivity contribution < 1.29 is 13.2 Å². The number of pyridine rings is 1. The fraction of sp³-hybridized carbons (Fsp3) is 0.190. The second-order valence-corrected chi connectivity index (χ2v) is 7.81. The molecule has 2 aromatic heterocycles. The molecule has 0 radical (unpaired) electrons. The van der Waals surface area contributed by atoms with Crippen LogP contribution >= 0.6 is 11.3 Å². The molecule has 2 aromatic carbocycles. The summed E-state index contributed by atoms with van der Waals surface area (Å²) < 4.78 is 38.8. The molecular weight excluding hydrogens is 411 g/mol. The highest BCUT2D eigenvalue weighted by atomic mass is 32.1. The third-order valence-electron chi connectivity index (χ3n) is 4.66. The molecule has 3 N–H and O–H groups in total. The number of halogens is 3. The first-order valence-corrected chi connectivity index (χ1v) is 10.0. The van der Waals surface area contributed by atoms with Gasteiger partial charge in [0.05, 0.1) is 5.56 Å². The van der Waals surface area contributed by atoms with Crippen molar-refractivity contribution in [3.63, 3.8) is 0 Å². The van der Waals surface area contributed by atoms with Crippen LogP contribution in [0.3, 0.4) is 0 Å². The van der Waals surface area contributed by atoms with Gasteiger partial charge in [-0.3, -0.25) is 4.98 Å². The molecule has 30 heavy (non-hydrogen) atoms. The standard InChI is InChI=1S/C21H18F3N5S/c22-21(23,24)17-3-1-2-13(8-17)9-18(11-25)27-20-29-28-19(30-20)15-4-5-16-12-26-7-6-14(16)10-15/h1-8,10,12,18H,9,11,25H2,(H,27,29)/t18-/m0/s1. The van der Waals surface area contributed by atoms with Crippen molar-refractivity contribution in [3.05, 3.63) is 72.1 Å². The van der Waals surface area contributed by atoms with Gasteiger partial charge in [-0.05, 0) is 35.6 Å². The predicted octanol–water partition coefficient (Wildman–Crippen LogP) is 4.75. The van der Waals surface area contributed by atoms with Crippen LogP contribution in [-0.4, -0.2) is 27.8 Å². The zero-order valence-corrected chi connectivity index (χ0v) is 16.5. The summed E-state index contributed by atoms with van der Waals surface area (Å²) in [6.07, 6.45) is -0.491. The molecule has 0 saturated carbocycles. The van der Waals surface area contributed by atoms with Crippen molar-refractivity contribution in [1.82, 2.24) is 15.2 Å². The maximum absolute atomic E-state index is 12.9. The Kier molecular flexibility index (Phi) is 5.65. The Bertz CT molecular complexity index is 1160. The number of nitrogens with zero attached hydrogens (tertiary/aromatic N) is 3. The third kappa shape index (κ3) is 4.58. The number of nitrogens with one attached hydrogen (secondary N) is 1. The second kappa shape index (κ2) is 8.37.